The van der Waals surface area contributed by atoms with Crippen LogP contribution in [0.2, 0.25) is 0 Å². The number of carboxylic acids is 1. The van der Waals surface area contributed by atoms with Crippen molar-refractivity contribution in [1.82, 2.24) is 14.8 Å². The summed E-state index contributed by atoms with van der Waals surface area (Å²) in [6.45, 7) is 2.55. The standard InChI is InChI=1S/C19H19N3O2S/c1-12-20-21-19(25-11-18(23)24)22(12)10-14-8-9-16(13-6-7-13)17-5-3-2-4-15(14)17/h2-5,8-9,13H,6-7,10-11H2,1H3,(H,23,24). The quantitative estimate of drug-likeness (QED) is 0.682. The van der Waals surface area contributed by atoms with Gasteiger partial charge in [0.25, 0.3) is 0 Å². The summed E-state index contributed by atoms with van der Waals surface area (Å²) < 4.78 is 1.99. The van der Waals surface area contributed by atoms with E-state index in [2.05, 4.69) is 46.6 Å². The maximum Gasteiger partial charge on any atom is 0.313 e. The predicted molar refractivity (Wildman–Crippen MR) is 98.1 cm³/mol. The zero-order valence-electron chi connectivity index (χ0n) is 14.0. The molecule has 6 heteroatoms. The van der Waals surface area contributed by atoms with Crippen molar-refractivity contribution in [2.24, 2.45) is 0 Å². The second-order valence-corrected chi connectivity index (χ2v) is 7.37. The smallest absolute Gasteiger partial charge is 0.313 e. The van der Waals surface area contributed by atoms with E-state index in [1.807, 2.05) is 11.5 Å². The third-order valence-corrected chi connectivity index (χ3v) is 5.57. The first kappa shape index (κ1) is 16.1. The summed E-state index contributed by atoms with van der Waals surface area (Å²) in [6, 6.07) is 13.0. The summed E-state index contributed by atoms with van der Waals surface area (Å²) >= 11 is 1.21. The molecule has 1 saturated carbocycles. The Morgan fingerprint density at radius 1 is 1.20 bits per heavy atom. The van der Waals surface area contributed by atoms with Crippen LogP contribution < -0.4 is 0 Å². The van der Waals surface area contributed by atoms with Crippen LogP contribution in [0.4, 0.5) is 0 Å². The molecule has 1 heterocycles. The minimum absolute atomic E-state index is 0.0144. The zero-order valence-corrected chi connectivity index (χ0v) is 14.8. The fraction of sp³-hybridized carbons (Fsp3) is 0.316. The first-order chi connectivity index (χ1) is 12.1. The third-order valence-electron chi connectivity index (χ3n) is 4.62. The molecule has 1 aliphatic carbocycles. The third kappa shape index (κ3) is 3.26. The number of nitrogens with zero attached hydrogens (tertiary/aromatic N) is 3. The van der Waals surface area contributed by atoms with E-state index < -0.39 is 5.97 Å². The monoisotopic (exact) mass is 353 g/mol. The van der Waals surface area contributed by atoms with Crippen molar-refractivity contribution in [2.75, 3.05) is 5.75 Å². The molecule has 1 N–H and O–H groups in total. The Kier molecular flexibility index (Phi) is 4.21. The fourth-order valence-electron chi connectivity index (χ4n) is 3.22. The lowest BCUT2D eigenvalue weighted by Crippen LogP contribution is -2.06. The van der Waals surface area contributed by atoms with Crippen LogP contribution in [-0.4, -0.2) is 31.6 Å². The molecular formula is C19H19N3O2S. The highest BCUT2D eigenvalue weighted by Crippen LogP contribution is 2.43. The summed E-state index contributed by atoms with van der Waals surface area (Å²) in [7, 11) is 0. The lowest BCUT2D eigenvalue weighted by molar-refractivity contribution is -0.133. The van der Waals surface area contributed by atoms with E-state index in [4.69, 9.17) is 5.11 Å². The van der Waals surface area contributed by atoms with Crippen LogP contribution in [0.5, 0.6) is 0 Å². The van der Waals surface area contributed by atoms with Gasteiger partial charge in [0.05, 0.1) is 12.3 Å². The second kappa shape index (κ2) is 6.52. The first-order valence-electron chi connectivity index (χ1n) is 8.38. The molecular weight excluding hydrogens is 334 g/mol. The van der Waals surface area contributed by atoms with Gasteiger partial charge in [-0.15, -0.1) is 10.2 Å². The Morgan fingerprint density at radius 2 is 1.96 bits per heavy atom. The van der Waals surface area contributed by atoms with Crippen LogP contribution in [0.1, 0.15) is 35.7 Å². The molecule has 0 saturated heterocycles. The van der Waals surface area contributed by atoms with Gasteiger partial charge < -0.3 is 9.67 Å². The van der Waals surface area contributed by atoms with Gasteiger partial charge in [-0.1, -0.05) is 48.2 Å². The summed E-state index contributed by atoms with van der Waals surface area (Å²) in [5, 5.41) is 20.4. The number of rotatable bonds is 6. The van der Waals surface area contributed by atoms with Gasteiger partial charge in [0.2, 0.25) is 0 Å². The van der Waals surface area contributed by atoms with E-state index in [1.165, 1.54) is 46.5 Å². The molecule has 1 aliphatic rings. The van der Waals surface area contributed by atoms with Gasteiger partial charge in [-0.25, -0.2) is 0 Å². The largest absolute Gasteiger partial charge is 0.481 e. The van der Waals surface area contributed by atoms with Crippen molar-refractivity contribution >= 4 is 28.5 Å². The van der Waals surface area contributed by atoms with Crippen LogP contribution in [0, 0.1) is 6.92 Å². The van der Waals surface area contributed by atoms with Crippen LogP contribution in [-0.2, 0) is 11.3 Å². The van der Waals surface area contributed by atoms with Gasteiger partial charge in [-0.05, 0) is 47.6 Å². The molecule has 0 amide bonds. The summed E-state index contributed by atoms with van der Waals surface area (Å²) in [4.78, 5) is 10.9. The lowest BCUT2D eigenvalue weighted by atomic mass is 9.97. The Bertz CT molecular complexity index is 947. The number of benzene rings is 2. The van der Waals surface area contributed by atoms with Crippen molar-refractivity contribution in [2.45, 2.75) is 37.4 Å². The molecule has 0 aliphatic heterocycles. The van der Waals surface area contributed by atoms with Crippen LogP contribution in [0.15, 0.2) is 41.6 Å². The predicted octanol–water partition coefficient (Wildman–Crippen LogP) is 3.84. The molecule has 0 radical (unpaired) electrons. The van der Waals surface area contributed by atoms with Crippen LogP contribution in [0.3, 0.4) is 0 Å². The molecule has 2 aromatic carbocycles. The van der Waals surface area contributed by atoms with E-state index in [1.54, 1.807) is 0 Å². The maximum absolute atomic E-state index is 10.9. The van der Waals surface area contributed by atoms with Crippen molar-refractivity contribution < 1.29 is 9.90 Å². The highest BCUT2D eigenvalue weighted by Gasteiger charge is 2.25. The Balaban J connectivity index is 1.71. The number of hydrogen-bond acceptors (Lipinski definition) is 4. The molecule has 0 atom stereocenters. The first-order valence-corrected chi connectivity index (χ1v) is 9.37. The number of aliphatic carboxylic acids is 1. The molecule has 1 aromatic heterocycles. The molecule has 0 unspecified atom stereocenters. The number of aromatic nitrogens is 3. The van der Waals surface area contributed by atoms with Gasteiger partial charge in [0.15, 0.2) is 5.16 Å². The maximum atomic E-state index is 10.9. The van der Waals surface area contributed by atoms with Crippen molar-refractivity contribution in [3.05, 3.63) is 53.3 Å². The Hall–Kier alpha value is -2.34. The molecule has 4 rings (SSSR count). The Morgan fingerprint density at radius 3 is 2.68 bits per heavy atom. The normalized spacial score (nSPS) is 14.1. The van der Waals surface area contributed by atoms with Gasteiger partial charge in [-0.3, -0.25) is 4.79 Å². The van der Waals surface area contributed by atoms with E-state index >= 15 is 0 Å². The van der Waals surface area contributed by atoms with Crippen LogP contribution >= 0.6 is 11.8 Å². The molecule has 3 aromatic rings. The summed E-state index contributed by atoms with van der Waals surface area (Å²) in [5.41, 5.74) is 2.65. The van der Waals surface area contributed by atoms with Crippen molar-refractivity contribution in [1.29, 1.82) is 0 Å². The molecule has 0 spiro atoms. The van der Waals surface area contributed by atoms with Gasteiger partial charge in [0, 0.05) is 0 Å². The molecule has 128 valence electrons. The lowest BCUT2D eigenvalue weighted by Gasteiger charge is -2.13. The van der Waals surface area contributed by atoms with Gasteiger partial charge >= 0.3 is 5.97 Å². The molecule has 5 nitrogen and oxygen atoms in total. The average molecular weight is 353 g/mol. The minimum Gasteiger partial charge on any atom is -0.481 e. The SMILES string of the molecule is Cc1nnc(SCC(=O)O)n1Cc1ccc(C2CC2)c2ccccc12. The highest BCUT2D eigenvalue weighted by atomic mass is 32.2. The topological polar surface area (TPSA) is 68.0 Å². The van der Waals surface area contributed by atoms with Crippen LogP contribution in [0.25, 0.3) is 10.8 Å². The molecule has 25 heavy (non-hydrogen) atoms. The number of aryl methyl sites for hydroxylation is 1. The highest BCUT2D eigenvalue weighted by molar-refractivity contribution is 7.99. The van der Waals surface area contributed by atoms with E-state index in [0.717, 1.165) is 5.82 Å². The van der Waals surface area contributed by atoms with Gasteiger partial charge in [0.1, 0.15) is 5.82 Å². The number of thioether (sulfide) groups is 1. The number of carbonyl (C=O) groups is 1. The summed E-state index contributed by atoms with van der Waals surface area (Å²) in [6.07, 6.45) is 2.56. The average Bonchev–Trinajstić information content (AvgIpc) is 3.39. The van der Waals surface area contributed by atoms with Gasteiger partial charge in [-0.2, -0.15) is 0 Å². The second-order valence-electron chi connectivity index (χ2n) is 6.43. The van der Waals surface area contributed by atoms with Crippen molar-refractivity contribution in [3.63, 3.8) is 0 Å². The number of hydrogen-bond donors (Lipinski definition) is 1. The molecule has 0 bridgehead atoms. The fourth-order valence-corrected chi connectivity index (χ4v) is 3.92. The van der Waals surface area contributed by atoms with Crippen molar-refractivity contribution in [3.8, 4) is 0 Å². The summed E-state index contributed by atoms with van der Waals surface area (Å²) in [5.74, 6) is 0.636. The zero-order chi connectivity index (χ0) is 17.4. The number of carboxylic acid groups (broad SMARTS) is 1. The van der Waals surface area contributed by atoms with E-state index in [0.29, 0.717) is 17.6 Å². The molecule has 1 fully saturated rings. The number of fused-ring (bicyclic) bond motifs is 1. The van der Waals surface area contributed by atoms with E-state index in [-0.39, 0.29) is 5.75 Å². The van der Waals surface area contributed by atoms with E-state index in [9.17, 15) is 4.79 Å². The minimum atomic E-state index is -0.851. The Labute approximate surface area is 150 Å².